The van der Waals surface area contributed by atoms with E-state index in [1.165, 1.54) is 10.00 Å². The molecule has 1 N–H and O–H groups in total. The minimum Gasteiger partial charge on any atom is -1.00 e. The first-order valence-electron chi connectivity index (χ1n) is 3.92. The number of hydrogen-bond acceptors (Lipinski definition) is 2. The van der Waals surface area contributed by atoms with Gasteiger partial charge in [-0.3, -0.25) is 0 Å². The van der Waals surface area contributed by atoms with E-state index in [1.807, 2.05) is 0 Å². The van der Waals surface area contributed by atoms with Crippen LogP contribution in [-0.4, -0.2) is 11.1 Å². The van der Waals surface area contributed by atoms with E-state index >= 15 is 0 Å². The van der Waals surface area contributed by atoms with Gasteiger partial charge < -0.3 is 19.2 Å². The van der Waals surface area contributed by atoms with Crippen molar-refractivity contribution >= 4 is 18.6 Å². The quantitative estimate of drug-likeness (QED) is 0.499. The Morgan fingerprint density at radius 1 is 1.57 bits per heavy atom. The zero-order chi connectivity index (χ0) is 10.3. The van der Waals surface area contributed by atoms with Crippen LogP contribution < -0.4 is 29.6 Å². The largest absolute Gasteiger partial charge is 1.00 e. The molecule has 0 saturated carbocycles. The fourth-order valence-electron chi connectivity index (χ4n) is 0.643. The van der Waals surface area contributed by atoms with Crippen molar-refractivity contribution < 1.29 is 67.0 Å². The molecule has 0 bridgehead atoms. The third-order valence-electron chi connectivity index (χ3n) is 1.12. The fraction of sp³-hybridized carbons (Fsp3) is 0.222. The van der Waals surface area contributed by atoms with Crippen molar-refractivity contribution in [2.24, 2.45) is 0 Å². The van der Waals surface area contributed by atoms with Crippen molar-refractivity contribution in [3.05, 3.63) is 29.8 Å². The Morgan fingerprint density at radius 2 is 2.00 bits per heavy atom. The van der Waals surface area contributed by atoms with Crippen molar-refractivity contribution in [1.82, 2.24) is 0 Å². The summed E-state index contributed by atoms with van der Waals surface area (Å²) in [6.07, 6.45) is 0. The molecule has 0 spiro atoms. The molecule has 2 nitrogen and oxygen atoms in total. The van der Waals surface area contributed by atoms with E-state index in [0.717, 1.165) is 26.1 Å². The van der Waals surface area contributed by atoms with Gasteiger partial charge in [-0.25, -0.2) is 4.79 Å². The van der Waals surface area contributed by atoms with Gasteiger partial charge in [0.15, 0.2) is 0 Å². The molecular formula is C9H11HgNaO2S. The Morgan fingerprint density at radius 3 is 2.29 bits per heavy atom. The van der Waals surface area contributed by atoms with Gasteiger partial charge in [-0.1, -0.05) is 18.2 Å². The first-order chi connectivity index (χ1) is 6.13. The molecule has 0 atom stereocenters. The molecule has 5 heteroatoms. The van der Waals surface area contributed by atoms with Crippen molar-refractivity contribution in [2.45, 2.75) is 15.7 Å². The number of benzene rings is 1. The van der Waals surface area contributed by atoms with Gasteiger partial charge in [-0.05, 0) is 6.07 Å². The van der Waals surface area contributed by atoms with E-state index in [9.17, 15) is 4.79 Å². The van der Waals surface area contributed by atoms with Gasteiger partial charge in [0, 0.05) is 5.56 Å². The molecule has 0 unspecified atom stereocenters. The van der Waals surface area contributed by atoms with Crippen molar-refractivity contribution in [2.75, 3.05) is 0 Å². The maximum atomic E-state index is 10.4. The van der Waals surface area contributed by atoms with Crippen LogP contribution in [0.5, 0.6) is 0 Å². The maximum Gasteiger partial charge on any atom is 1.00 e. The van der Waals surface area contributed by atoms with Gasteiger partial charge in [0.2, 0.25) is 0 Å². The first-order valence-corrected chi connectivity index (χ1v) is 8.21. The van der Waals surface area contributed by atoms with E-state index < -0.39 is 5.97 Å². The molecule has 0 radical (unpaired) electrons. The molecule has 0 aromatic heterocycles. The van der Waals surface area contributed by atoms with E-state index in [-0.39, 0.29) is 36.5 Å². The van der Waals surface area contributed by atoms with Crippen LogP contribution in [0, 0.1) is 0 Å². The molecule has 1 aromatic rings. The van der Waals surface area contributed by atoms with Crippen LogP contribution in [0.3, 0.4) is 0 Å². The predicted molar refractivity (Wildman–Crippen MR) is 50.6 cm³/mol. The number of hydrogen-bond donors (Lipinski definition) is 1. The second-order valence-corrected chi connectivity index (χ2v) is 6.63. The molecule has 1 rings (SSSR count). The smallest absolute Gasteiger partial charge is 1.00 e. The van der Waals surface area contributed by atoms with Gasteiger partial charge in [0.05, 0.1) is 0 Å². The standard InChI is InChI=1S/C7H6O2S.C2H5.Hg.Na.H/c8-7(9)5-3-1-2-4-6(5)10;1-2;;;/h1-4,10H,(H,8,9);1H2,2H3;;;/q;;2*+1;-1/p-1. The predicted octanol–water partition coefficient (Wildman–Crippen LogP) is -0.621. The molecule has 0 heterocycles. The molecule has 0 amide bonds. The second kappa shape index (κ2) is 10.4. The molecule has 0 fully saturated rings. The molecule has 0 aliphatic carbocycles. The normalized spacial score (nSPS) is 7.93. The number of carbonyl (C=O) groups is 1. The van der Waals surface area contributed by atoms with Crippen LogP contribution in [0.25, 0.3) is 0 Å². The van der Waals surface area contributed by atoms with Crippen LogP contribution in [0.2, 0.25) is 3.93 Å². The van der Waals surface area contributed by atoms with Gasteiger partial charge in [-0.15, -0.1) is 0 Å². The molecule has 1 aromatic carbocycles. The number of aromatic carboxylic acids is 1. The molecule has 14 heavy (non-hydrogen) atoms. The molecular weight excluding hydrogens is 396 g/mol. The number of carboxylic acid groups (broad SMARTS) is 1. The van der Waals surface area contributed by atoms with Crippen LogP contribution in [0.4, 0.5) is 0 Å². The minimum atomic E-state index is -0.967. The Kier molecular flexibility index (Phi) is 12.8. The maximum absolute atomic E-state index is 10.4. The first kappa shape index (κ1) is 17.2. The summed E-state index contributed by atoms with van der Waals surface area (Å²) in [4.78, 5) is 10.7. The summed E-state index contributed by atoms with van der Waals surface area (Å²) in [5.41, 5.74) is 0.192. The molecule has 0 saturated heterocycles. The molecule has 0 aliphatic rings. The summed E-state index contributed by atoms with van der Waals surface area (Å²) in [5.74, 6) is -0.967. The number of carboxylic acids is 1. The zero-order valence-corrected chi connectivity index (χ0v) is 16.8. The van der Waals surface area contributed by atoms with Crippen molar-refractivity contribution in [3.8, 4) is 0 Å². The summed E-state index contributed by atoms with van der Waals surface area (Å²) in [5, 5.41) is 8.50. The minimum absolute atomic E-state index is 0. The average Bonchev–Trinajstić information content (AvgIpc) is 2.06. The van der Waals surface area contributed by atoms with Crippen LogP contribution in [0.1, 0.15) is 18.7 Å². The summed E-state index contributed by atoms with van der Waals surface area (Å²) < 4.78 is 1.44. The Labute approximate surface area is 130 Å². The van der Waals surface area contributed by atoms with Crippen molar-refractivity contribution in [3.63, 3.8) is 0 Å². The van der Waals surface area contributed by atoms with E-state index in [0.29, 0.717) is 4.90 Å². The van der Waals surface area contributed by atoms with Crippen LogP contribution in [0.15, 0.2) is 29.2 Å². The summed E-state index contributed by atoms with van der Waals surface area (Å²) in [7, 11) is 0. The summed E-state index contributed by atoms with van der Waals surface area (Å²) in [6, 6.07) is 6.46. The van der Waals surface area contributed by atoms with E-state index in [4.69, 9.17) is 17.7 Å². The van der Waals surface area contributed by atoms with E-state index in [2.05, 4.69) is 6.92 Å². The van der Waals surface area contributed by atoms with Crippen LogP contribution >= 0.6 is 0 Å². The summed E-state index contributed by atoms with van der Waals surface area (Å²) in [6.45, 7) is 2.21. The van der Waals surface area contributed by atoms with E-state index in [1.54, 1.807) is 18.2 Å². The Bertz CT molecular complexity index is 287. The van der Waals surface area contributed by atoms with Crippen LogP contribution in [-0.2, 0) is 38.8 Å². The van der Waals surface area contributed by atoms with Crippen molar-refractivity contribution in [1.29, 1.82) is 0 Å². The molecule has 0 aliphatic heterocycles. The van der Waals surface area contributed by atoms with Gasteiger partial charge in [0.1, 0.15) is 0 Å². The second-order valence-electron chi connectivity index (χ2n) is 2.30. The Hall–Kier alpha value is 0.845. The van der Waals surface area contributed by atoms with Gasteiger partial charge >= 0.3 is 72.5 Å². The van der Waals surface area contributed by atoms with Gasteiger partial charge in [-0.2, -0.15) is 4.90 Å². The topological polar surface area (TPSA) is 37.3 Å². The zero-order valence-electron chi connectivity index (χ0n) is 9.49. The third-order valence-corrected chi connectivity index (χ3v) is 1.47. The fourth-order valence-corrected chi connectivity index (χ4v) is 0.877. The Balaban J connectivity index is -0.000000260. The monoisotopic (exact) mass is 408 g/mol. The molecule has 68 valence electrons. The summed E-state index contributed by atoms with van der Waals surface area (Å²) >= 11 is 5.81. The van der Waals surface area contributed by atoms with Gasteiger partial charge in [0.25, 0.3) is 0 Å². The third kappa shape index (κ3) is 7.18. The average molecular weight is 407 g/mol. The SMILES string of the molecule is C[CH2][Hg+].O=C(O)c1ccccc1[S-].[H-].[Na+]. The number of rotatable bonds is 1.